The number of nitrogens with one attached hydrogen (secondary N) is 2. The minimum absolute atomic E-state index is 0.130. The second-order valence-corrected chi connectivity index (χ2v) is 6.15. The number of pyridine rings is 1. The summed E-state index contributed by atoms with van der Waals surface area (Å²) >= 11 is 0. The third kappa shape index (κ3) is 3.99. The van der Waals surface area contributed by atoms with Crippen LogP contribution in [-0.4, -0.2) is 45.8 Å². The molecule has 1 aliphatic heterocycles. The van der Waals surface area contributed by atoms with E-state index in [2.05, 4.69) is 15.3 Å². The van der Waals surface area contributed by atoms with Crippen molar-refractivity contribution in [3.63, 3.8) is 0 Å². The molecule has 0 unspecified atom stereocenters. The van der Waals surface area contributed by atoms with Crippen molar-refractivity contribution >= 4 is 5.91 Å². The summed E-state index contributed by atoms with van der Waals surface area (Å²) in [5.41, 5.74) is -0.561. The summed E-state index contributed by atoms with van der Waals surface area (Å²) in [5.74, 6) is 0.00897. The molecule has 1 aliphatic rings. The molecule has 9 nitrogen and oxygen atoms in total. The van der Waals surface area contributed by atoms with Gasteiger partial charge in [-0.1, -0.05) is 0 Å². The molecule has 0 bridgehead atoms. The molecule has 2 aromatic heterocycles. The van der Waals surface area contributed by atoms with Gasteiger partial charge in [-0.3, -0.25) is 19.6 Å². The first kappa shape index (κ1) is 17.9. The van der Waals surface area contributed by atoms with Gasteiger partial charge in [-0.15, -0.1) is 0 Å². The first-order valence-corrected chi connectivity index (χ1v) is 8.22. The summed E-state index contributed by atoms with van der Waals surface area (Å²) in [4.78, 5) is 42.1. The highest BCUT2D eigenvalue weighted by Gasteiger charge is 2.30. The second-order valence-electron chi connectivity index (χ2n) is 6.15. The third-order valence-electron chi connectivity index (χ3n) is 4.15. The summed E-state index contributed by atoms with van der Waals surface area (Å²) in [6, 6.07) is 3.29. The number of ether oxygens (including phenoxy) is 2. The summed E-state index contributed by atoms with van der Waals surface area (Å²) in [7, 11) is 1.46. The van der Waals surface area contributed by atoms with E-state index in [1.165, 1.54) is 13.2 Å². The Morgan fingerprint density at radius 1 is 1.42 bits per heavy atom. The van der Waals surface area contributed by atoms with Crippen LogP contribution in [0.5, 0.6) is 5.75 Å². The minimum Gasteiger partial charge on any atom is -0.484 e. The predicted molar refractivity (Wildman–Crippen MR) is 92.4 cm³/mol. The summed E-state index contributed by atoms with van der Waals surface area (Å²) in [6.07, 6.45) is 2.96. The number of aromatic amines is 1. The monoisotopic (exact) mass is 360 g/mol. The molecule has 3 rings (SSSR count). The Labute approximate surface area is 149 Å². The lowest BCUT2D eigenvalue weighted by molar-refractivity contribution is -0.0136. The van der Waals surface area contributed by atoms with E-state index in [1.54, 1.807) is 12.3 Å². The summed E-state index contributed by atoms with van der Waals surface area (Å²) < 4.78 is 12.5. The number of aromatic nitrogens is 3. The standard InChI is InChI=1S/C17H20N4O5/c1-10-3-4-11(7-18-10)26-14-9-25-6-5-13(14)19-15(22)12-8-21(2)17(24)20-16(12)23/h3-4,7-8,13-14H,5-6,9H2,1-2H3,(H,19,22)(H,20,23,24)/t13-,14+/m1/s1. The molecule has 0 aliphatic carbocycles. The molecule has 0 spiro atoms. The van der Waals surface area contributed by atoms with Crippen LogP contribution >= 0.6 is 0 Å². The van der Waals surface area contributed by atoms with Crippen LogP contribution < -0.4 is 21.3 Å². The fourth-order valence-corrected chi connectivity index (χ4v) is 2.66. The zero-order valence-corrected chi connectivity index (χ0v) is 14.5. The van der Waals surface area contributed by atoms with Gasteiger partial charge in [-0.2, -0.15) is 0 Å². The molecule has 1 fully saturated rings. The van der Waals surface area contributed by atoms with E-state index in [4.69, 9.17) is 9.47 Å². The highest BCUT2D eigenvalue weighted by molar-refractivity contribution is 5.93. The fraction of sp³-hybridized carbons (Fsp3) is 0.412. The lowest BCUT2D eigenvalue weighted by Gasteiger charge is -2.32. The van der Waals surface area contributed by atoms with Gasteiger partial charge in [0.05, 0.1) is 18.8 Å². The van der Waals surface area contributed by atoms with Crippen molar-refractivity contribution in [1.82, 2.24) is 19.9 Å². The van der Waals surface area contributed by atoms with Crippen molar-refractivity contribution in [3.8, 4) is 5.75 Å². The van der Waals surface area contributed by atoms with Gasteiger partial charge in [0.1, 0.15) is 17.4 Å². The quantitative estimate of drug-likeness (QED) is 0.776. The largest absolute Gasteiger partial charge is 0.484 e. The number of aryl methyl sites for hydroxylation is 2. The van der Waals surface area contributed by atoms with Crippen LogP contribution in [0.25, 0.3) is 0 Å². The van der Waals surface area contributed by atoms with Gasteiger partial charge >= 0.3 is 5.69 Å². The first-order valence-electron chi connectivity index (χ1n) is 8.22. The van der Waals surface area contributed by atoms with Crippen LogP contribution in [0.15, 0.2) is 34.1 Å². The van der Waals surface area contributed by atoms with Crippen LogP contribution in [0.4, 0.5) is 0 Å². The summed E-state index contributed by atoms with van der Waals surface area (Å²) in [6.45, 7) is 2.66. The number of hydrogen-bond donors (Lipinski definition) is 2. The molecule has 26 heavy (non-hydrogen) atoms. The second kappa shape index (κ2) is 7.52. The minimum atomic E-state index is -0.724. The summed E-state index contributed by atoms with van der Waals surface area (Å²) in [5, 5.41) is 2.80. The molecule has 0 aromatic carbocycles. The molecule has 0 saturated carbocycles. The van der Waals surface area contributed by atoms with E-state index in [-0.39, 0.29) is 11.6 Å². The zero-order chi connectivity index (χ0) is 18.7. The van der Waals surface area contributed by atoms with E-state index < -0.39 is 23.3 Å². The lowest BCUT2D eigenvalue weighted by Crippen LogP contribution is -2.52. The fourth-order valence-electron chi connectivity index (χ4n) is 2.66. The van der Waals surface area contributed by atoms with Crippen molar-refractivity contribution in [2.24, 2.45) is 7.05 Å². The lowest BCUT2D eigenvalue weighted by atomic mass is 10.1. The van der Waals surface area contributed by atoms with Crippen molar-refractivity contribution < 1.29 is 14.3 Å². The first-order chi connectivity index (χ1) is 12.4. The molecule has 2 atom stereocenters. The van der Waals surface area contributed by atoms with Gasteiger partial charge in [0, 0.05) is 25.5 Å². The third-order valence-corrected chi connectivity index (χ3v) is 4.15. The van der Waals surface area contributed by atoms with Crippen LogP contribution in [0.2, 0.25) is 0 Å². The maximum atomic E-state index is 12.5. The molecule has 0 radical (unpaired) electrons. The SMILES string of the molecule is Cc1ccc(O[C@H]2COCC[C@H]2NC(=O)c2cn(C)c(=O)[nH]c2=O)cn1. The van der Waals surface area contributed by atoms with Crippen molar-refractivity contribution in [1.29, 1.82) is 0 Å². The number of nitrogens with zero attached hydrogens (tertiary/aromatic N) is 2. The van der Waals surface area contributed by atoms with Crippen molar-refractivity contribution in [3.05, 3.63) is 56.6 Å². The van der Waals surface area contributed by atoms with Crippen molar-refractivity contribution in [2.75, 3.05) is 13.2 Å². The number of rotatable bonds is 4. The van der Waals surface area contributed by atoms with E-state index in [9.17, 15) is 14.4 Å². The Hall–Kier alpha value is -2.94. The molecule has 138 valence electrons. The van der Waals surface area contributed by atoms with E-state index >= 15 is 0 Å². The highest BCUT2D eigenvalue weighted by atomic mass is 16.5. The van der Waals surface area contributed by atoms with E-state index in [0.29, 0.717) is 25.4 Å². The normalized spacial score (nSPS) is 19.8. The maximum absolute atomic E-state index is 12.5. The molecule has 9 heteroatoms. The Bertz CT molecular complexity index is 903. The Kier molecular flexibility index (Phi) is 5.17. The highest BCUT2D eigenvalue weighted by Crippen LogP contribution is 2.17. The Balaban J connectivity index is 1.74. The number of carbonyl (C=O) groups excluding carboxylic acids is 1. The van der Waals surface area contributed by atoms with Gasteiger partial charge in [0.15, 0.2) is 0 Å². The van der Waals surface area contributed by atoms with Crippen LogP contribution in [0, 0.1) is 6.92 Å². The zero-order valence-electron chi connectivity index (χ0n) is 14.5. The molecular weight excluding hydrogens is 340 g/mol. The average molecular weight is 360 g/mol. The molecule has 3 heterocycles. The number of H-pyrrole nitrogens is 1. The Morgan fingerprint density at radius 2 is 2.23 bits per heavy atom. The number of carbonyl (C=O) groups is 1. The van der Waals surface area contributed by atoms with Crippen LogP contribution in [0.3, 0.4) is 0 Å². The van der Waals surface area contributed by atoms with Crippen molar-refractivity contribution in [2.45, 2.75) is 25.5 Å². The number of hydrogen-bond acceptors (Lipinski definition) is 6. The topological polar surface area (TPSA) is 115 Å². The Morgan fingerprint density at radius 3 is 2.96 bits per heavy atom. The molecule has 2 aromatic rings. The van der Waals surface area contributed by atoms with E-state index in [0.717, 1.165) is 10.3 Å². The van der Waals surface area contributed by atoms with Gasteiger partial charge in [-0.25, -0.2) is 4.79 Å². The van der Waals surface area contributed by atoms with Crippen LogP contribution in [0.1, 0.15) is 22.5 Å². The smallest absolute Gasteiger partial charge is 0.328 e. The van der Waals surface area contributed by atoms with Gasteiger partial charge in [0.2, 0.25) is 0 Å². The van der Waals surface area contributed by atoms with Gasteiger partial charge < -0.3 is 19.4 Å². The van der Waals surface area contributed by atoms with E-state index in [1.807, 2.05) is 13.0 Å². The van der Waals surface area contributed by atoms with Gasteiger partial charge in [-0.05, 0) is 25.5 Å². The molecule has 2 N–H and O–H groups in total. The molecule has 1 amide bonds. The molecule has 1 saturated heterocycles. The average Bonchev–Trinajstić information content (AvgIpc) is 2.61. The predicted octanol–water partition coefficient (Wildman–Crippen LogP) is -0.257. The van der Waals surface area contributed by atoms with Gasteiger partial charge in [0.25, 0.3) is 11.5 Å². The molecular formula is C17H20N4O5. The number of amides is 1. The van der Waals surface area contributed by atoms with Crippen LogP contribution in [-0.2, 0) is 11.8 Å². The maximum Gasteiger partial charge on any atom is 0.328 e.